The summed E-state index contributed by atoms with van der Waals surface area (Å²) >= 11 is 0. The summed E-state index contributed by atoms with van der Waals surface area (Å²) < 4.78 is 29.3. The Morgan fingerprint density at radius 2 is 2.11 bits per heavy atom. The normalized spacial score (nSPS) is 18.6. The van der Waals surface area contributed by atoms with Crippen LogP contribution in [0.5, 0.6) is 0 Å². The molecule has 0 amide bonds. The summed E-state index contributed by atoms with van der Waals surface area (Å²) in [6, 6.07) is 0. The average Bonchev–Trinajstić information content (AvgIpc) is 2.30. The molecule has 0 aromatic rings. The summed E-state index contributed by atoms with van der Waals surface area (Å²) in [4.78, 5) is 3.93. The second kappa shape index (κ2) is 7.51. The number of alkyl halides is 2. The highest BCUT2D eigenvalue weighted by Crippen LogP contribution is 2.43. The summed E-state index contributed by atoms with van der Waals surface area (Å²) in [7, 11) is 3.28. The molecule has 0 aliphatic heterocycles. The molecule has 6 heteroatoms. The maximum absolute atomic E-state index is 12.1. The first-order chi connectivity index (χ1) is 8.62. The second-order valence-electron chi connectivity index (χ2n) is 4.79. The Hall–Kier alpha value is -0.910. The number of methoxy groups -OCH3 is 1. The van der Waals surface area contributed by atoms with Crippen molar-refractivity contribution in [1.29, 1.82) is 0 Å². The van der Waals surface area contributed by atoms with E-state index in [1.807, 2.05) is 0 Å². The molecular weight excluding hydrogens is 240 g/mol. The van der Waals surface area contributed by atoms with Crippen LogP contribution in [0.1, 0.15) is 25.7 Å². The van der Waals surface area contributed by atoms with Gasteiger partial charge in [-0.25, -0.2) is 8.78 Å². The molecule has 0 aromatic heterocycles. The topological polar surface area (TPSA) is 45.7 Å². The van der Waals surface area contributed by atoms with Crippen molar-refractivity contribution in [3.63, 3.8) is 0 Å². The fourth-order valence-corrected chi connectivity index (χ4v) is 2.18. The number of nitrogens with zero attached hydrogens (tertiary/aromatic N) is 1. The fraction of sp³-hybridized carbons (Fsp3) is 0.917. The Labute approximate surface area is 107 Å². The highest BCUT2D eigenvalue weighted by molar-refractivity contribution is 5.79. The number of aliphatic imine (C=N–C) groups is 1. The Kier molecular flexibility index (Phi) is 6.32. The van der Waals surface area contributed by atoms with Crippen LogP contribution in [-0.2, 0) is 4.74 Å². The molecule has 1 aliphatic rings. The minimum Gasteiger partial charge on any atom is -0.385 e. The first kappa shape index (κ1) is 15.1. The van der Waals surface area contributed by atoms with Crippen LogP contribution in [0.15, 0.2) is 4.99 Å². The molecule has 2 N–H and O–H groups in total. The van der Waals surface area contributed by atoms with E-state index in [1.165, 1.54) is 6.42 Å². The Balaban J connectivity index is 2.32. The molecule has 18 heavy (non-hydrogen) atoms. The molecule has 1 rings (SSSR count). The lowest BCUT2D eigenvalue weighted by molar-refractivity contribution is 0.0731. The molecule has 0 aromatic carbocycles. The zero-order valence-electron chi connectivity index (χ0n) is 11.1. The lowest BCUT2D eigenvalue weighted by Crippen LogP contribution is -2.47. The summed E-state index contributed by atoms with van der Waals surface area (Å²) in [5.41, 5.74) is 0.248. The third-order valence-corrected chi connectivity index (χ3v) is 3.53. The van der Waals surface area contributed by atoms with Crippen molar-refractivity contribution in [2.24, 2.45) is 10.4 Å². The van der Waals surface area contributed by atoms with Crippen molar-refractivity contribution in [3.8, 4) is 0 Å². The SMILES string of the molecule is CN=C(NCC(F)F)NCC1(CCOC)CCC1. The van der Waals surface area contributed by atoms with Gasteiger partial charge < -0.3 is 15.4 Å². The van der Waals surface area contributed by atoms with Crippen LogP contribution >= 0.6 is 0 Å². The summed E-state index contributed by atoms with van der Waals surface area (Å²) in [6.07, 6.45) is 2.19. The van der Waals surface area contributed by atoms with E-state index in [0.717, 1.165) is 32.4 Å². The van der Waals surface area contributed by atoms with Crippen LogP contribution < -0.4 is 10.6 Å². The number of halogens is 2. The van der Waals surface area contributed by atoms with Gasteiger partial charge in [0.15, 0.2) is 5.96 Å². The Bertz CT molecular complexity index is 268. The predicted octanol–water partition coefficient (Wildman–Crippen LogP) is 1.62. The third-order valence-electron chi connectivity index (χ3n) is 3.53. The van der Waals surface area contributed by atoms with E-state index in [2.05, 4.69) is 15.6 Å². The molecular formula is C12H23F2N3O. The van der Waals surface area contributed by atoms with Gasteiger partial charge in [0.2, 0.25) is 0 Å². The highest BCUT2D eigenvalue weighted by Gasteiger charge is 2.36. The van der Waals surface area contributed by atoms with Gasteiger partial charge in [0.05, 0.1) is 6.54 Å². The molecule has 0 heterocycles. The lowest BCUT2D eigenvalue weighted by atomic mass is 9.67. The quantitative estimate of drug-likeness (QED) is 0.542. The van der Waals surface area contributed by atoms with Gasteiger partial charge in [0, 0.05) is 27.3 Å². The average molecular weight is 263 g/mol. The first-order valence-electron chi connectivity index (χ1n) is 6.33. The van der Waals surface area contributed by atoms with Gasteiger partial charge >= 0.3 is 0 Å². The second-order valence-corrected chi connectivity index (χ2v) is 4.79. The van der Waals surface area contributed by atoms with E-state index in [9.17, 15) is 8.78 Å². The summed E-state index contributed by atoms with van der Waals surface area (Å²) in [5, 5.41) is 5.73. The number of rotatable bonds is 7. The van der Waals surface area contributed by atoms with Gasteiger partial charge in [0.25, 0.3) is 6.43 Å². The van der Waals surface area contributed by atoms with Gasteiger partial charge in [0.1, 0.15) is 0 Å². The van der Waals surface area contributed by atoms with E-state index < -0.39 is 6.43 Å². The van der Waals surface area contributed by atoms with Gasteiger partial charge in [-0.3, -0.25) is 4.99 Å². The van der Waals surface area contributed by atoms with Gasteiger partial charge in [-0.15, -0.1) is 0 Å². The van der Waals surface area contributed by atoms with Crippen LogP contribution in [0, 0.1) is 5.41 Å². The molecule has 1 saturated carbocycles. The molecule has 0 radical (unpaired) electrons. The Morgan fingerprint density at radius 3 is 2.56 bits per heavy atom. The smallest absolute Gasteiger partial charge is 0.255 e. The molecule has 4 nitrogen and oxygen atoms in total. The maximum Gasteiger partial charge on any atom is 0.255 e. The largest absolute Gasteiger partial charge is 0.385 e. The van der Waals surface area contributed by atoms with Crippen LogP contribution in [0.25, 0.3) is 0 Å². The minimum absolute atomic E-state index is 0.248. The summed E-state index contributed by atoms with van der Waals surface area (Å²) in [5.74, 6) is 0.444. The van der Waals surface area contributed by atoms with Crippen LogP contribution in [0.3, 0.4) is 0 Å². The van der Waals surface area contributed by atoms with Gasteiger partial charge in [-0.05, 0) is 24.7 Å². The van der Waals surface area contributed by atoms with Crippen LogP contribution in [0.2, 0.25) is 0 Å². The van der Waals surface area contributed by atoms with Crippen LogP contribution in [-0.4, -0.2) is 46.2 Å². The maximum atomic E-state index is 12.1. The summed E-state index contributed by atoms with van der Waals surface area (Å²) in [6.45, 7) is 1.13. The number of ether oxygens (including phenoxy) is 1. The van der Waals surface area contributed by atoms with Crippen molar-refractivity contribution >= 4 is 5.96 Å². The highest BCUT2D eigenvalue weighted by atomic mass is 19.3. The van der Waals surface area contributed by atoms with Gasteiger partial charge in [-0.2, -0.15) is 0 Å². The Morgan fingerprint density at radius 1 is 1.39 bits per heavy atom. The molecule has 1 fully saturated rings. The molecule has 0 unspecified atom stereocenters. The lowest BCUT2D eigenvalue weighted by Gasteiger charge is -2.42. The number of hydrogen-bond acceptors (Lipinski definition) is 2. The molecule has 0 spiro atoms. The number of guanidine groups is 1. The first-order valence-corrected chi connectivity index (χ1v) is 6.33. The van der Waals surface area contributed by atoms with E-state index >= 15 is 0 Å². The van der Waals surface area contributed by atoms with E-state index in [-0.39, 0.29) is 12.0 Å². The van der Waals surface area contributed by atoms with Crippen molar-refractivity contribution in [3.05, 3.63) is 0 Å². The molecule has 1 aliphatic carbocycles. The fourth-order valence-electron chi connectivity index (χ4n) is 2.18. The molecule has 0 bridgehead atoms. The van der Waals surface area contributed by atoms with Gasteiger partial charge in [-0.1, -0.05) is 6.42 Å². The third kappa shape index (κ3) is 4.76. The molecule has 0 saturated heterocycles. The van der Waals surface area contributed by atoms with Crippen LogP contribution in [0.4, 0.5) is 8.78 Å². The molecule has 106 valence electrons. The standard InChI is InChI=1S/C12H23F2N3O/c1-15-11(16-8-10(13)14)17-9-12(4-3-5-12)6-7-18-2/h10H,3-9H2,1-2H3,(H2,15,16,17). The minimum atomic E-state index is -2.37. The van der Waals surface area contributed by atoms with E-state index in [4.69, 9.17) is 4.74 Å². The van der Waals surface area contributed by atoms with Crippen molar-refractivity contribution in [1.82, 2.24) is 10.6 Å². The molecule has 0 atom stereocenters. The van der Waals surface area contributed by atoms with E-state index in [0.29, 0.717) is 5.96 Å². The van der Waals surface area contributed by atoms with E-state index in [1.54, 1.807) is 14.2 Å². The van der Waals surface area contributed by atoms with Crippen molar-refractivity contribution < 1.29 is 13.5 Å². The number of nitrogens with one attached hydrogen (secondary N) is 2. The van der Waals surface area contributed by atoms with Crippen molar-refractivity contribution in [2.75, 3.05) is 33.9 Å². The monoisotopic (exact) mass is 263 g/mol. The predicted molar refractivity (Wildman–Crippen MR) is 68.1 cm³/mol. The van der Waals surface area contributed by atoms with Crippen molar-refractivity contribution in [2.45, 2.75) is 32.1 Å². The zero-order valence-corrected chi connectivity index (χ0v) is 11.1. The zero-order chi connectivity index (χ0) is 13.4. The number of hydrogen-bond donors (Lipinski definition) is 2.